The van der Waals surface area contributed by atoms with Crippen molar-refractivity contribution in [3.05, 3.63) is 29.8 Å². The van der Waals surface area contributed by atoms with E-state index >= 15 is 0 Å². The van der Waals surface area contributed by atoms with Gasteiger partial charge in [-0.15, -0.1) is 0 Å². The van der Waals surface area contributed by atoms with Gasteiger partial charge in [-0.1, -0.05) is 66.5 Å². The lowest BCUT2D eigenvalue weighted by atomic mass is 9.44. The molecule has 0 aromatic heterocycles. The molecule has 0 spiro atoms. The number of hydrogen-bond acceptors (Lipinski definition) is 4. The molecule has 4 nitrogen and oxygen atoms in total. The van der Waals surface area contributed by atoms with Crippen LogP contribution >= 0.6 is 0 Å². The molecule has 5 aliphatic rings. The van der Waals surface area contributed by atoms with Crippen LogP contribution in [0.25, 0.3) is 0 Å². The molecule has 12 atom stereocenters. The summed E-state index contributed by atoms with van der Waals surface area (Å²) in [5.74, 6) is 6.66. The Bertz CT molecular complexity index is 1110. The average molecular weight is 650 g/mol. The molecule has 1 aromatic rings. The topological polar surface area (TPSA) is 30.9 Å². The van der Waals surface area contributed by atoms with E-state index in [4.69, 9.17) is 14.2 Å². The van der Waals surface area contributed by atoms with Gasteiger partial charge in [0.25, 0.3) is 0 Å². The second-order valence-electron chi connectivity index (χ2n) is 17.8. The van der Waals surface area contributed by atoms with Gasteiger partial charge in [0, 0.05) is 6.54 Å². The number of hydrogen-bond donors (Lipinski definition) is 0. The standard InChI is InChI=1S/C43H71NO3/c1-8-10-24-44(25-11-9-2)28-30(3)12-19-39-31(4)41-40(47-39)27-38-36-18-15-33-26-35(46-29-32-13-16-34(45-7)17-14-32)20-22-42(33,5)37(36)21-23-43(38,41)6/h13-14,16-17,30-31,33,35-41H,8-12,15,18-29H2,1-7H3/t30-,31+,33+,35-,36+,37-,38-,39+,40-,41-,42-,43-/m0/s1. The molecule has 4 heteroatoms. The molecule has 0 radical (unpaired) electrons. The van der Waals surface area contributed by atoms with Crippen LogP contribution in [0.2, 0.25) is 0 Å². The van der Waals surface area contributed by atoms with Crippen LogP contribution in [0, 0.1) is 52.3 Å². The fraction of sp³-hybridized carbons (Fsp3) is 0.860. The summed E-state index contributed by atoms with van der Waals surface area (Å²) < 4.78 is 19.0. The highest BCUT2D eigenvalue weighted by atomic mass is 16.5. The summed E-state index contributed by atoms with van der Waals surface area (Å²) in [4.78, 5) is 2.76. The van der Waals surface area contributed by atoms with Gasteiger partial charge in [-0.3, -0.25) is 0 Å². The van der Waals surface area contributed by atoms with Gasteiger partial charge >= 0.3 is 0 Å². The minimum absolute atomic E-state index is 0.413. The molecule has 1 aromatic carbocycles. The first-order chi connectivity index (χ1) is 22.7. The number of benzene rings is 1. The van der Waals surface area contributed by atoms with Crippen molar-refractivity contribution in [1.29, 1.82) is 0 Å². The highest BCUT2D eigenvalue weighted by Crippen LogP contribution is 2.70. The Balaban J connectivity index is 1.01. The maximum absolute atomic E-state index is 7.10. The summed E-state index contributed by atoms with van der Waals surface area (Å²) in [5.41, 5.74) is 2.23. The van der Waals surface area contributed by atoms with E-state index in [1.807, 2.05) is 0 Å². The maximum atomic E-state index is 7.10. The molecule has 0 unspecified atom stereocenters. The molecule has 0 bridgehead atoms. The third-order valence-electron chi connectivity index (χ3n) is 15.0. The van der Waals surface area contributed by atoms with Crippen molar-refractivity contribution in [3.8, 4) is 5.75 Å². The van der Waals surface area contributed by atoms with Crippen molar-refractivity contribution < 1.29 is 14.2 Å². The molecule has 0 N–H and O–H groups in total. The molecule has 47 heavy (non-hydrogen) atoms. The first-order valence-electron chi connectivity index (χ1n) is 20.3. The summed E-state index contributed by atoms with van der Waals surface area (Å²) in [6, 6.07) is 8.41. The van der Waals surface area contributed by atoms with Crippen LogP contribution in [0.3, 0.4) is 0 Å². The Morgan fingerprint density at radius 3 is 2.34 bits per heavy atom. The highest BCUT2D eigenvalue weighted by molar-refractivity contribution is 5.26. The maximum Gasteiger partial charge on any atom is 0.118 e. The SMILES string of the molecule is CCCCN(CCCC)C[C@@H](C)CC[C@H]1O[C@H]2C[C@H]3[C@@H]4CC[C@@H]5C[C@@H](OCc6ccc(OC)cc6)CC[C@]5(C)[C@H]4CC[C@]3(C)[C@H]2[C@@H]1C. The summed E-state index contributed by atoms with van der Waals surface area (Å²) in [6.07, 6.45) is 20.2. The molecule has 1 aliphatic heterocycles. The minimum atomic E-state index is 0.413. The molecule has 0 amide bonds. The smallest absolute Gasteiger partial charge is 0.118 e. The monoisotopic (exact) mass is 650 g/mol. The molecular formula is C43H71NO3. The molecular weight excluding hydrogens is 578 g/mol. The van der Waals surface area contributed by atoms with Crippen LogP contribution < -0.4 is 4.74 Å². The lowest BCUT2D eigenvalue weighted by molar-refractivity contribution is -0.139. The Morgan fingerprint density at radius 2 is 1.64 bits per heavy atom. The minimum Gasteiger partial charge on any atom is -0.497 e. The van der Waals surface area contributed by atoms with Crippen molar-refractivity contribution >= 4 is 0 Å². The molecule has 1 saturated heterocycles. The summed E-state index contributed by atoms with van der Waals surface area (Å²) >= 11 is 0. The van der Waals surface area contributed by atoms with E-state index < -0.39 is 0 Å². The van der Waals surface area contributed by atoms with E-state index in [-0.39, 0.29) is 0 Å². The van der Waals surface area contributed by atoms with Crippen LogP contribution in [-0.2, 0) is 16.1 Å². The van der Waals surface area contributed by atoms with E-state index in [9.17, 15) is 0 Å². The molecule has 1 heterocycles. The second kappa shape index (κ2) is 15.4. The van der Waals surface area contributed by atoms with Gasteiger partial charge in [0.05, 0.1) is 32.0 Å². The zero-order chi connectivity index (χ0) is 33.2. The number of nitrogens with zero attached hydrogens (tertiary/aromatic N) is 1. The average Bonchev–Trinajstić information content (AvgIpc) is 3.56. The fourth-order valence-corrected chi connectivity index (χ4v) is 12.4. The number of fused-ring (bicyclic) bond motifs is 7. The summed E-state index contributed by atoms with van der Waals surface area (Å²) in [6.45, 7) is 19.7. The molecule has 5 fully saturated rings. The van der Waals surface area contributed by atoms with Gasteiger partial charge in [0.1, 0.15) is 5.75 Å². The van der Waals surface area contributed by atoms with E-state index in [0.29, 0.717) is 35.1 Å². The van der Waals surface area contributed by atoms with E-state index in [1.165, 1.54) is 115 Å². The Kier molecular flexibility index (Phi) is 11.7. The number of methoxy groups -OCH3 is 1. The lowest BCUT2D eigenvalue weighted by Gasteiger charge is -2.61. The third kappa shape index (κ3) is 7.37. The van der Waals surface area contributed by atoms with Crippen LogP contribution in [-0.4, -0.2) is 50.0 Å². The molecule has 266 valence electrons. The van der Waals surface area contributed by atoms with Crippen LogP contribution in [0.4, 0.5) is 0 Å². The molecule has 4 saturated carbocycles. The van der Waals surface area contributed by atoms with Gasteiger partial charge < -0.3 is 19.1 Å². The zero-order valence-corrected chi connectivity index (χ0v) is 31.5. The normalized spacial score (nSPS) is 40.0. The Hall–Kier alpha value is -1.10. The van der Waals surface area contributed by atoms with Gasteiger partial charge in [0.2, 0.25) is 0 Å². The second-order valence-corrected chi connectivity index (χ2v) is 17.8. The zero-order valence-electron chi connectivity index (χ0n) is 31.5. The predicted molar refractivity (Wildman–Crippen MR) is 195 cm³/mol. The first-order valence-corrected chi connectivity index (χ1v) is 20.3. The van der Waals surface area contributed by atoms with Crippen molar-refractivity contribution in [1.82, 2.24) is 4.90 Å². The lowest BCUT2D eigenvalue weighted by Crippen LogP contribution is -2.54. The van der Waals surface area contributed by atoms with Crippen molar-refractivity contribution in [2.75, 3.05) is 26.7 Å². The first kappa shape index (κ1) is 35.7. The van der Waals surface area contributed by atoms with Gasteiger partial charge in [-0.2, -0.15) is 0 Å². The Labute approximate surface area is 289 Å². The van der Waals surface area contributed by atoms with E-state index in [0.717, 1.165) is 47.9 Å². The van der Waals surface area contributed by atoms with Crippen molar-refractivity contribution in [2.24, 2.45) is 52.3 Å². The van der Waals surface area contributed by atoms with Crippen LogP contribution in [0.5, 0.6) is 5.75 Å². The summed E-state index contributed by atoms with van der Waals surface area (Å²) in [5, 5.41) is 0. The highest BCUT2D eigenvalue weighted by Gasteiger charge is 2.65. The van der Waals surface area contributed by atoms with Gasteiger partial charge in [-0.05, 0) is 160 Å². The molecule has 4 aliphatic carbocycles. The largest absolute Gasteiger partial charge is 0.497 e. The van der Waals surface area contributed by atoms with Gasteiger partial charge in [-0.25, -0.2) is 0 Å². The van der Waals surface area contributed by atoms with E-state index in [1.54, 1.807) is 7.11 Å². The Morgan fingerprint density at radius 1 is 0.915 bits per heavy atom. The van der Waals surface area contributed by atoms with Crippen LogP contribution in [0.15, 0.2) is 24.3 Å². The third-order valence-corrected chi connectivity index (χ3v) is 15.0. The van der Waals surface area contributed by atoms with Crippen LogP contribution in [0.1, 0.15) is 137 Å². The van der Waals surface area contributed by atoms with Gasteiger partial charge in [0.15, 0.2) is 0 Å². The van der Waals surface area contributed by atoms with E-state index in [2.05, 4.69) is 70.7 Å². The number of unbranched alkanes of at least 4 members (excludes halogenated alkanes) is 2. The fourth-order valence-electron chi connectivity index (χ4n) is 12.4. The summed E-state index contributed by atoms with van der Waals surface area (Å²) in [7, 11) is 1.73. The van der Waals surface area contributed by atoms with Crippen molar-refractivity contribution in [3.63, 3.8) is 0 Å². The number of ether oxygens (including phenoxy) is 3. The molecule has 6 rings (SSSR count). The quantitative estimate of drug-likeness (QED) is 0.189. The van der Waals surface area contributed by atoms with Crippen molar-refractivity contribution in [2.45, 2.75) is 156 Å². The number of rotatable bonds is 15. The predicted octanol–water partition coefficient (Wildman–Crippen LogP) is 10.6.